The Balaban J connectivity index is 1.86. The maximum Gasteiger partial charge on any atom is 0.319 e. The molecule has 0 aromatic heterocycles. The first-order valence-corrected chi connectivity index (χ1v) is 7.09. The molecule has 4 nitrogen and oxygen atoms in total. The van der Waals surface area contributed by atoms with Gasteiger partial charge in [0.2, 0.25) is 0 Å². The molecule has 0 saturated carbocycles. The van der Waals surface area contributed by atoms with E-state index in [2.05, 4.69) is 28.1 Å². The Hall–Kier alpha value is -2.49. The van der Waals surface area contributed by atoms with Gasteiger partial charge < -0.3 is 16.0 Å². The molecule has 110 valence electrons. The van der Waals surface area contributed by atoms with E-state index in [1.54, 1.807) is 0 Å². The van der Waals surface area contributed by atoms with Crippen LogP contribution in [0.25, 0.3) is 0 Å². The number of carbonyl (C=O) groups excluding carboxylic acids is 1. The second-order valence-corrected chi connectivity index (χ2v) is 5.17. The average Bonchev–Trinajstić information content (AvgIpc) is 2.47. The van der Waals surface area contributed by atoms with Gasteiger partial charge in [0, 0.05) is 24.0 Å². The zero-order valence-corrected chi connectivity index (χ0v) is 12.4. The van der Waals surface area contributed by atoms with Gasteiger partial charge in [-0.25, -0.2) is 4.79 Å². The van der Waals surface area contributed by atoms with Crippen molar-refractivity contribution in [2.24, 2.45) is 0 Å². The van der Waals surface area contributed by atoms with Gasteiger partial charge in [0.15, 0.2) is 0 Å². The maximum absolute atomic E-state index is 11.6. The summed E-state index contributed by atoms with van der Waals surface area (Å²) in [6.45, 7) is 4.63. The van der Waals surface area contributed by atoms with Gasteiger partial charge >= 0.3 is 6.03 Å². The number of carbonyl (C=O) groups is 1. The zero-order valence-electron chi connectivity index (χ0n) is 12.4. The zero-order chi connectivity index (χ0) is 15.1. The summed E-state index contributed by atoms with van der Waals surface area (Å²) >= 11 is 0. The largest absolute Gasteiger partial charge is 0.381 e. The van der Waals surface area contributed by atoms with E-state index in [1.165, 1.54) is 5.56 Å². The van der Waals surface area contributed by atoms with Crippen LogP contribution in [0.4, 0.5) is 16.2 Å². The molecular weight excluding hydrogens is 262 g/mol. The van der Waals surface area contributed by atoms with Crippen molar-refractivity contribution in [1.82, 2.24) is 5.32 Å². The molecule has 0 aliphatic rings. The normalized spacial score (nSPS) is 10.2. The molecule has 0 atom stereocenters. The van der Waals surface area contributed by atoms with Gasteiger partial charge in [-0.05, 0) is 43.7 Å². The van der Waals surface area contributed by atoms with Crippen LogP contribution in [0.2, 0.25) is 0 Å². The first kappa shape index (κ1) is 14.9. The van der Waals surface area contributed by atoms with Gasteiger partial charge in [-0.2, -0.15) is 0 Å². The van der Waals surface area contributed by atoms with Crippen molar-refractivity contribution in [3.63, 3.8) is 0 Å². The maximum atomic E-state index is 11.6. The molecule has 0 spiro atoms. The van der Waals surface area contributed by atoms with E-state index >= 15 is 0 Å². The van der Waals surface area contributed by atoms with Gasteiger partial charge in [-0.15, -0.1) is 0 Å². The number of amides is 2. The molecule has 2 rings (SSSR count). The quantitative estimate of drug-likeness (QED) is 0.781. The van der Waals surface area contributed by atoms with Gasteiger partial charge in [0.25, 0.3) is 0 Å². The SMILES string of the molecule is CC(C)NC(=O)Nc1ccc(NCc2ccccc2)cc1. The molecule has 0 saturated heterocycles. The lowest BCUT2D eigenvalue weighted by atomic mass is 10.2. The van der Waals surface area contributed by atoms with E-state index < -0.39 is 0 Å². The van der Waals surface area contributed by atoms with Crippen LogP contribution in [0, 0.1) is 0 Å². The van der Waals surface area contributed by atoms with E-state index in [1.807, 2.05) is 56.3 Å². The summed E-state index contributed by atoms with van der Waals surface area (Å²) < 4.78 is 0. The van der Waals surface area contributed by atoms with Crippen LogP contribution in [0.5, 0.6) is 0 Å². The van der Waals surface area contributed by atoms with Crippen molar-refractivity contribution in [1.29, 1.82) is 0 Å². The lowest BCUT2D eigenvalue weighted by Crippen LogP contribution is -2.34. The van der Waals surface area contributed by atoms with Gasteiger partial charge in [-0.1, -0.05) is 30.3 Å². The van der Waals surface area contributed by atoms with Crippen molar-refractivity contribution >= 4 is 17.4 Å². The van der Waals surface area contributed by atoms with Crippen LogP contribution < -0.4 is 16.0 Å². The summed E-state index contributed by atoms with van der Waals surface area (Å²) in [5.74, 6) is 0. The highest BCUT2D eigenvalue weighted by atomic mass is 16.2. The van der Waals surface area contributed by atoms with E-state index in [0.29, 0.717) is 0 Å². The predicted molar refractivity (Wildman–Crippen MR) is 87.5 cm³/mol. The summed E-state index contributed by atoms with van der Waals surface area (Å²) in [5, 5.41) is 8.93. The van der Waals surface area contributed by atoms with E-state index in [4.69, 9.17) is 0 Å². The predicted octanol–water partition coefficient (Wildman–Crippen LogP) is 3.83. The molecule has 0 radical (unpaired) electrons. The van der Waals surface area contributed by atoms with E-state index in [9.17, 15) is 4.79 Å². The number of anilines is 2. The molecule has 2 aromatic carbocycles. The highest BCUT2D eigenvalue weighted by Crippen LogP contribution is 2.14. The topological polar surface area (TPSA) is 53.2 Å². The van der Waals surface area contributed by atoms with Crippen molar-refractivity contribution in [3.8, 4) is 0 Å². The third-order valence-corrected chi connectivity index (χ3v) is 2.90. The summed E-state index contributed by atoms with van der Waals surface area (Å²) in [6.07, 6.45) is 0. The molecule has 4 heteroatoms. The number of rotatable bonds is 5. The van der Waals surface area contributed by atoms with E-state index in [-0.39, 0.29) is 12.1 Å². The Kier molecular flexibility index (Phi) is 5.21. The van der Waals surface area contributed by atoms with Crippen molar-refractivity contribution in [3.05, 3.63) is 60.2 Å². The second kappa shape index (κ2) is 7.33. The minimum atomic E-state index is -0.185. The van der Waals surface area contributed by atoms with Crippen LogP contribution in [0.3, 0.4) is 0 Å². The van der Waals surface area contributed by atoms with Gasteiger partial charge in [0.05, 0.1) is 0 Å². The van der Waals surface area contributed by atoms with Crippen LogP contribution in [0.1, 0.15) is 19.4 Å². The fraction of sp³-hybridized carbons (Fsp3) is 0.235. The fourth-order valence-electron chi connectivity index (χ4n) is 1.90. The summed E-state index contributed by atoms with van der Waals surface area (Å²) in [4.78, 5) is 11.6. The molecule has 0 fully saturated rings. The molecular formula is C17H21N3O. The minimum absolute atomic E-state index is 0.122. The Morgan fingerprint density at radius 2 is 1.57 bits per heavy atom. The fourth-order valence-corrected chi connectivity index (χ4v) is 1.90. The molecule has 2 aromatic rings. The third kappa shape index (κ3) is 5.18. The molecule has 2 amide bonds. The molecule has 0 heterocycles. The van der Waals surface area contributed by atoms with Crippen molar-refractivity contribution in [2.45, 2.75) is 26.4 Å². The van der Waals surface area contributed by atoms with Crippen molar-refractivity contribution in [2.75, 3.05) is 10.6 Å². The highest BCUT2D eigenvalue weighted by Gasteiger charge is 2.03. The monoisotopic (exact) mass is 283 g/mol. The Morgan fingerprint density at radius 1 is 0.952 bits per heavy atom. The first-order chi connectivity index (χ1) is 10.1. The summed E-state index contributed by atoms with van der Waals surface area (Å²) in [6, 6.07) is 17.8. The van der Waals surface area contributed by atoms with Crippen LogP contribution in [0.15, 0.2) is 54.6 Å². The summed E-state index contributed by atoms with van der Waals surface area (Å²) in [7, 11) is 0. The van der Waals surface area contributed by atoms with Crippen LogP contribution in [-0.4, -0.2) is 12.1 Å². The van der Waals surface area contributed by atoms with Gasteiger partial charge in [-0.3, -0.25) is 0 Å². The van der Waals surface area contributed by atoms with Crippen LogP contribution >= 0.6 is 0 Å². The lowest BCUT2D eigenvalue weighted by Gasteiger charge is -2.11. The van der Waals surface area contributed by atoms with Crippen LogP contribution in [-0.2, 0) is 6.54 Å². The average molecular weight is 283 g/mol. The number of benzene rings is 2. The molecule has 0 bridgehead atoms. The number of urea groups is 1. The molecule has 0 aliphatic carbocycles. The highest BCUT2D eigenvalue weighted by molar-refractivity contribution is 5.89. The Morgan fingerprint density at radius 3 is 2.19 bits per heavy atom. The van der Waals surface area contributed by atoms with E-state index in [0.717, 1.165) is 17.9 Å². The molecule has 0 unspecified atom stereocenters. The Bertz CT molecular complexity index is 564. The standard InChI is InChI=1S/C17H21N3O/c1-13(2)19-17(21)20-16-10-8-15(9-11-16)18-12-14-6-4-3-5-7-14/h3-11,13,18H,12H2,1-2H3,(H2,19,20,21). The smallest absolute Gasteiger partial charge is 0.319 e. The first-order valence-electron chi connectivity index (χ1n) is 7.09. The number of hydrogen-bond acceptors (Lipinski definition) is 2. The minimum Gasteiger partial charge on any atom is -0.381 e. The summed E-state index contributed by atoms with van der Waals surface area (Å²) in [5.41, 5.74) is 3.03. The number of hydrogen-bond donors (Lipinski definition) is 3. The molecule has 0 aliphatic heterocycles. The van der Waals surface area contributed by atoms with Gasteiger partial charge in [0.1, 0.15) is 0 Å². The molecule has 3 N–H and O–H groups in total. The Labute approximate surface area is 125 Å². The second-order valence-electron chi connectivity index (χ2n) is 5.17. The number of nitrogens with one attached hydrogen (secondary N) is 3. The lowest BCUT2D eigenvalue weighted by molar-refractivity contribution is 0.250. The van der Waals surface area contributed by atoms with Crippen molar-refractivity contribution < 1.29 is 4.79 Å². The molecule has 21 heavy (non-hydrogen) atoms. The third-order valence-electron chi connectivity index (χ3n) is 2.90.